The van der Waals surface area contributed by atoms with Gasteiger partial charge in [0.05, 0.1) is 16.7 Å². The molecule has 0 radical (unpaired) electrons. The Labute approximate surface area is 178 Å². The van der Waals surface area contributed by atoms with E-state index in [1.807, 2.05) is 47.5 Å². The summed E-state index contributed by atoms with van der Waals surface area (Å²) in [6.07, 6.45) is 0. The van der Waals surface area contributed by atoms with Crippen LogP contribution < -0.4 is 0 Å². The molecule has 0 aliphatic carbocycles. The molecule has 1 aliphatic heterocycles. The second-order valence-corrected chi connectivity index (χ2v) is 9.31. The topological polar surface area (TPSA) is 62.5 Å². The molecule has 0 N–H and O–H groups in total. The number of piperazine rings is 1. The summed E-state index contributed by atoms with van der Waals surface area (Å²) in [4.78, 5) is 22.5. The number of hydrogen-bond acceptors (Lipinski definition) is 7. The second-order valence-electron chi connectivity index (χ2n) is 7.03. The van der Waals surface area contributed by atoms with Gasteiger partial charge in [0.25, 0.3) is 0 Å². The van der Waals surface area contributed by atoms with Crippen molar-refractivity contribution in [2.45, 2.75) is 24.5 Å². The molecule has 29 heavy (non-hydrogen) atoms. The van der Waals surface area contributed by atoms with Gasteiger partial charge in [0.1, 0.15) is 0 Å². The number of carbonyl (C=O) groups excluding carboxylic acids is 1. The maximum absolute atomic E-state index is 12.8. The Morgan fingerprint density at radius 3 is 2.69 bits per heavy atom. The lowest BCUT2D eigenvalue weighted by molar-refractivity contribution is -0.132. The van der Waals surface area contributed by atoms with Crippen molar-refractivity contribution >= 4 is 29.0 Å². The van der Waals surface area contributed by atoms with Gasteiger partial charge in [-0.3, -0.25) is 9.69 Å². The Morgan fingerprint density at radius 1 is 1.17 bits per heavy atom. The highest BCUT2D eigenvalue weighted by Gasteiger charge is 2.26. The summed E-state index contributed by atoms with van der Waals surface area (Å²) in [7, 11) is 0. The molecule has 1 aliphatic rings. The van der Waals surface area contributed by atoms with E-state index in [0.29, 0.717) is 18.3 Å². The lowest BCUT2D eigenvalue weighted by atomic mass is 10.2. The Hall–Kier alpha value is -2.16. The highest BCUT2D eigenvalue weighted by molar-refractivity contribution is 7.99. The third-order valence-electron chi connectivity index (χ3n) is 4.94. The SMILES string of the molecule is CC(SCc1ccccc1)C(=O)N1CCN(Cc2nc(-c3cccs3)no2)CC1. The molecular formula is C21H24N4O2S2. The van der Waals surface area contributed by atoms with Crippen molar-refractivity contribution in [2.24, 2.45) is 0 Å². The van der Waals surface area contributed by atoms with Gasteiger partial charge >= 0.3 is 0 Å². The molecule has 8 heteroatoms. The molecule has 1 aromatic carbocycles. The average molecular weight is 429 g/mol. The van der Waals surface area contributed by atoms with Crippen LogP contribution in [0.3, 0.4) is 0 Å². The maximum Gasteiger partial charge on any atom is 0.241 e. The van der Waals surface area contributed by atoms with Gasteiger partial charge in [0.15, 0.2) is 0 Å². The van der Waals surface area contributed by atoms with Crippen LogP contribution in [0.2, 0.25) is 0 Å². The summed E-state index contributed by atoms with van der Waals surface area (Å²) in [5.74, 6) is 2.36. The molecule has 6 nitrogen and oxygen atoms in total. The van der Waals surface area contributed by atoms with Gasteiger partial charge in [-0.05, 0) is 23.9 Å². The lowest BCUT2D eigenvalue weighted by Crippen LogP contribution is -2.50. The Morgan fingerprint density at radius 2 is 1.97 bits per heavy atom. The van der Waals surface area contributed by atoms with Crippen LogP contribution in [0.25, 0.3) is 10.7 Å². The minimum atomic E-state index is -0.0361. The summed E-state index contributed by atoms with van der Waals surface area (Å²) in [6.45, 7) is 5.74. The molecule has 0 bridgehead atoms. The first kappa shape index (κ1) is 20.1. The van der Waals surface area contributed by atoms with Gasteiger partial charge in [-0.2, -0.15) is 4.98 Å². The van der Waals surface area contributed by atoms with E-state index in [0.717, 1.165) is 36.8 Å². The normalized spacial score (nSPS) is 16.1. The monoisotopic (exact) mass is 428 g/mol. The number of nitrogens with zero attached hydrogens (tertiary/aromatic N) is 4. The van der Waals surface area contributed by atoms with Crippen LogP contribution in [0.5, 0.6) is 0 Å². The molecule has 1 unspecified atom stereocenters. The van der Waals surface area contributed by atoms with E-state index < -0.39 is 0 Å². The first-order valence-corrected chi connectivity index (χ1v) is 11.6. The molecule has 0 spiro atoms. The van der Waals surface area contributed by atoms with Gasteiger partial charge in [-0.25, -0.2) is 0 Å². The van der Waals surface area contributed by atoms with E-state index in [1.165, 1.54) is 5.56 Å². The molecule has 3 aromatic rings. The van der Waals surface area contributed by atoms with Crippen molar-refractivity contribution in [3.8, 4) is 10.7 Å². The van der Waals surface area contributed by atoms with Crippen LogP contribution in [0.4, 0.5) is 0 Å². The van der Waals surface area contributed by atoms with Crippen LogP contribution in [0.1, 0.15) is 18.4 Å². The van der Waals surface area contributed by atoms with Crippen molar-refractivity contribution in [1.29, 1.82) is 0 Å². The third-order valence-corrected chi connectivity index (χ3v) is 7.01. The van der Waals surface area contributed by atoms with Gasteiger partial charge in [-0.15, -0.1) is 23.1 Å². The van der Waals surface area contributed by atoms with Crippen molar-refractivity contribution in [2.75, 3.05) is 26.2 Å². The number of benzene rings is 1. The van der Waals surface area contributed by atoms with Crippen molar-refractivity contribution in [3.63, 3.8) is 0 Å². The summed E-state index contributed by atoms with van der Waals surface area (Å²) in [5, 5.41) is 6.03. The smallest absolute Gasteiger partial charge is 0.241 e. The Balaban J connectivity index is 1.23. The van der Waals surface area contributed by atoms with Crippen molar-refractivity contribution < 1.29 is 9.32 Å². The molecule has 1 saturated heterocycles. The maximum atomic E-state index is 12.8. The quantitative estimate of drug-likeness (QED) is 0.571. The van der Waals surface area contributed by atoms with Crippen LogP contribution in [0.15, 0.2) is 52.4 Å². The summed E-state index contributed by atoms with van der Waals surface area (Å²) in [5.41, 5.74) is 1.25. The van der Waals surface area contributed by atoms with E-state index in [-0.39, 0.29) is 11.2 Å². The highest BCUT2D eigenvalue weighted by Crippen LogP contribution is 2.22. The Kier molecular flexibility index (Phi) is 6.63. The summed E-state index contributed by atoms with van der Waals surface area (Å²) in [6, 6.07) is 14.3. The van der Waals surface area contributed by atoms with E-state index in [2.05, 4.69) is 27.2 Å². The molecule has 0 saturated carbocycles. The predicted molar refractivity (Wildman–Crippen MR) is 117 cm³/mol. The van der Waals surface area contributed by atoms with Crippen LogP contribution >= 0.6 is 23.1 Å². The fraction of sp³-hybridized carbons (Fsp3) is 0.381. The molecule has 1 atom stereocenters. The van der Waals surface area contributed by atoms with E-state index in [4.69, 9.17) is 4.52 Å². The van der Waals surface area contributed by atoms with Crippen molar-refractivity contribution in [1.82, 2.24) is 19.9 Å². The van der Waals surface area contributed by atoms with Crippen LogP contribution in [-0.4, -0.2) is 57.3 Å². The molecule has 3 heterocycles. The van der Waals surface area contributed by atoms with E-state index >= 15 is 0 Å². The highest BCUT2D eigenvalue weighted by atomic mass is 32.2. The minimum absolute atomic E-state index is 0.0361. The number of carbonyl (C=O) groups is 1. The van der Waals surface area contributed by atoms with Crippen molar-refractivity contribution in [3.05, 3.63) is 59.3 Å². The summed E-state index contributed by atoms with van der Waals surface area (Å²) >= 11 is 3.30. The molecule has 1 amide bonds. The molecular weight excluding hydrogens is 404 g/mol. The number of rotatable bonds is 7. The third kappa shape index (κ3) is 5.26. The van der Waals surface area contributed by atoms with Crippen LogP contribution in [-0.2, 0) is 17.1 Å². The number of hydrogen-bond donors (Lipinski definition) is 0. The first-order valence-electron chi connectivity index (χ1n) is 9.72. The number of thiophene rings is 1. The van der Waals surface area contributed by atoms with E-state index in [1.54, 1.807) is 23.1 Å². The minimum Gasteiger partial charge on any atom is -0.339 e. The molecule has 4 rings (SSSR count). The van der Waals surface area contributed by atoms with E-state index in [9.17, 15) is 4.79 Å². The van der Waals surface area contributed by atoms with Gasteiger partial charge in [0, 0.05) is 31.9 Å². The van der Waals surface area contributed by atoms with Gasteiger partial charge < -0.3 is 9.42 Å². The summed E-state index contributed by atoms with van der Waals surface area (Å²) < 4.78 is 5.40. The number of aromatic nitrogens is 2. The second kappa shape index (κ2) is 9.56. The van der Waals surface area contributed by atoms with Gasteiger partial charge in [-0.1, -0.05) is 41.6 Å². The average Bonchev–Trinajstić information content (AvgIpc) is 3.45. The predicted octanol–water partition coefficient (Wildman–Crippen LogP) is 3.76. The Bertz CT molecular complexity index is 906. The molecule has 2 aromatic heterocycles. The fourth-order valence-electron chi connectivity index (χ4n) is 3.27. The zero-order valence-electron chi connectivity index (χ0n) is 16.4. The number of amides is 1. The fourth-order valence-corrected chi connectivity index (χ4v) is 4.84. The lowest BCUT2D eigenvalue weighted by Gasteiger charge is -2.35. The molecule has 152 valence electrons. The standard InChI is InChI=1S/C21H24N4O2S2/c1-16(29-15-17-6-3-2-4-7-17)21(26)25-11-9-24(10-12-25)14-19-22-20(23-27-19)18-8-5-13-28-18/h2-8,13,16H,9-12,14-15H2,1H3. The number of thioether (sulfide) groups is 1. The van der Waals surface area contributed by atoms with Gasteiger partial charge in [0.2, 0.25) is 17.6 Å². The van der Waals surface area contributed by atoms with Crippen LogP contribution in [0, 0.1) is 0 Å². The zero-order valence-corrected chi connectivity index (χ0v) is 18.0. The first-order chi connectivity index (χ1) is 14.2. The zero-order chi connectivity index (χ0) is 20.1. The largest absolute Gasteiger partial charge is 0.339 e. The molecule has 1 fully saturated rings.